The average molecular weight is 471 g/mol. The van der Waals surface area contributed by atoms with E-state index in [1.807, 2.05) is 0 Å². The van der Waals surface area contributed by atoms with Gasteiger partial charge in [-0.2, -0.15) is 15.2 Å². The number of ether oxygens (including phenoxy) is 1. The first-order valence-electron chi connectivity index (χ1n) is 12.5. The Hall–Kier alpha value is -3.37. The summed E-state index contributed by atoms with van der Waals surface area (Å²) < 4.78 is 5.55. The van der Waals surface area contributed by atoms with Gasteiger partial charge in [0.25, 0.3) is 0 Å². The van der Waals surface area contributed by atoms with Gasteiger partial charge in [0.15, 0.2) is 0 Å². The van der Waals surface area contributed by atoms with E-state index in [1.54, 1.807) is 7.11 Å². The van der Waals surface area contributed by atoms with Crippen LogP contribution in [0.3, 0.4) is 0 Å². The van der Waals surface area contributed by atoms with Crippen LogP contribution in [-0.2, 0) is 13.0 Å². The molecule has 0 aliphatic carbocycles. The van der Waals surface area contributed by atoms with Gasteiger partial charge in [0.2, 0.25) is 0 Å². The van der Waals surface area contributed by atoms with Crippen LogP contribution in [0, 0.1) is 18.3 Å². The van der Waals surface area contributed by atoms with E-state index in [-0.39, 0.29) is 6.04 Å². The summed E-state index contributed by atoms with van der Waals surface area (Å²) in [5.41, 5.74) is 4.79. The third-order valence-corrected chi connectivity index (χ3v) is 7.46. The normalized spacial score (nSPS) is 18.6. The molecule has 0 spiro atoms. The van der Waals surface area contributed by atoms with E-state index in [2.05, 4.69) is 77.9 Å². The monoisotopic (exact) mass is 470 g/mol. The van der Waals surface area contributed by atoms with Gasteiger partial charge < -0.3 is 14.5 Å². The number of piperazine rings is 1. The second kappa shape index (κ2) is 9.71. The van der Waals surface area contributed by atoms with Crippen molar-refractivity contribution >= 4 is 22.3 Å². The largest absolute Gasteiger partial charge is 0.467 e. The first kappa shape index (κ1) is 23.4. The average Bonchev–Trinajstić information content (AvgIpc) is 2.87. The lowest BCUT2D eigenvalue weighted by Crippen LogP contribution is -2.55. The molecule has 2 aromatic carbocycles. The number of fused-ring (bicyclic) bond motifs is 2. The first-order valence-corrected chi connectivity index (χ1v) is 12.5. The molecular weight excluding hydrogens is 436 g/mol. The predicted octanol–water partition coefficient (Wildman–Crippen LogP) is 4.32. The molecule has 5 rings (SSSR count). The molecule has 2 aliphatic rings. The molecule has 2 aliphatic heterocycles. The van der Waals surface area contributed by atoms with E-state index >= 15 is 0 Å². The predicted molar refractivity (Wildman–Crippen MR) is 140 cm³/mol. The molecule has 0 bridgehead atoms. The maximum atomic E-state index is 9.43. The topological polar surface area (TPSA) is 68.5 Å². The second-order valence-electron chi connectivity index (χ2n) is 9.87. The van der Waals surface area contributed by atoms with Crippen molar-refractivity contribution in [3.63, 3.8) is 0 Å². The Morgan fingerprint density at radius 1 is 1.09 bits per heavy atom. The molecule has 1 atom stereocenters. The molecule has 0 N–H and O–H groups in total. The lowest BCUT2D eigenvalue weighted by Gasteiger charge is -2.44. The molecule has 1 saturated heterocycles. The first-order chi connectivity index (χ1) is 17.0. The molecule has 7 heteroatoms. The maximum absolute atomic E-state index is 9.43. The van der Waals surface area contributed by atoms with Crippen molar-refractivity contribution in [1.29, 1.82) is 5.26 Å². The Morgan fingerprint density at radius 3 is 2.63 bits per heavy atom. The zero-order valence-corrected chi connectivity index (χ0v) is 21.2. The summed E-state index contributed by atoms with van der Waals surface area (Å²) >= 11 is 0. The molecule has 0 unspecified atom stereocenters. The summed E-state index contributed by atoms with van der Waals surface area (Å²) in [5, 5.41) is 12.0. The Labute approximate surface area is 207 Å². The van der Waals surface area contributed by atoms with Crippen LogP contribution in [0.25, 0.3) is 10.8 Å². The minimum absolute atomic E-state index is 0.198. The van der Waals surface area contributed by atoms with Crippen molar-refractivity contribution in [3.8, 4) is 12.1 Å². The summed E-state index contributed by atoms with van der Waals surface area (Å²) in [6.45, 7) is 10.8. The number of aromatic nitrogens is 2. The van der Waals surface area contributed by atoms with Gasteiger partial charge in [0.05, 0.1) is 31.8 Å². The van der Waals surface area contributed by atoms with Gasteiger partial charge in [0, 0.05) is 54.9 Å². The van der Waals surface area contributed by atoms with Gasteiger partial charge in [0.1, 0.15) is 5.82 Å². The molecular formula is C28H34N6O. The highest BCUT2D eigenvalue weighted by Gasteiger charge is 2.32. The van der Waals surface area contributed by atoms with E-state index in [9.17, 15) is 5.26 Å². The van der Waals surface area contributed by atoms with Gasteiger partial charge in [-0.05, 0) is 44.2 Å². The molecule has 1 aromatic heterocycles. The van der Waals surface area contributed by atoms with Crippen LogP contribution in [-0.4, -0.2) is 60.2 Å². The summed E-state index contributed by atoms with van der Waals surface area (Å²) in [4.78, 5) is 16.8. The van der Waals surface area contributed by atoms with Gasteiger partial charge in [-0.3, -0.25) is 4.90 Å². The number of benzene rings is 2. The molecule has 0 amide bonds. The molecule has 3 aromatic rings. The fourth-order valence-electron chi connectivity index (χ4n) is 5.74. The molecule has 0 radical (unpaired) electrons. The summed E-state index contributed by atoms with van der Waals surface area (Å²) in [6, 6.07) is 16.4. The standard InChI is InChI=1S/C28H34N6O/c1-19(2)34-16-15-33(17-22(34)11-13-29)27-23-12-14-32(18-24(23)30-28(31-27)35-4)25-10-6-9-21-8-5-7-20(3)26(21)25/h5-10,19,22H,11-12,14-18H2,1-4H3/t22-/m1/s1. The van der Waals surface area contributed by atoms with Crippen LogP contribution in [0.15, 0.2) is 36.4 Å². The van der Waals surface area contributed by atoms with E-state index in [4.69, 9.17) is 14.7 Å². The number of nitriles is 1. The van der Waals surface area contributed by atoms with E-state index < -0.39 is 0 Å². The van der Waals surface area contributed by atoms with Crippen LogP contribution in [0.2, 0.25) is 0 Å². The molecule has 0 saturated carbocycles. The molecule has 182 valence electrons. The third kappa shape index (κ3) is 4.39. The van der Waals surface area contributed by atoms with Crippen molar-refractivity contribution in [2.45, 2.75) is 52.2 Å². The van der Waals surface area contributed by atoms with Crippen molar-refractivity contribution < 1.29 is 4.74 Å². The number of hydrogen-bond acceptors (Lipinski definition) is 7. The number of hydrogen-bond donors (Lipinski definition) is 0. The molecule has 7 nitrogen and oxygen atoms in total. The lowest BCUT2D eigenvalue weighted by molar-refractivity contribution is 0.138. The quantitative estimate of drug-likeness (QED) is 0.550. The van der Waals surface area contributed by atoms with Crippen LogP contribution >= 0.6 is 0 Å². The van der Waals surface area contributed by atoms with Crippen molar-refractivity contribution in [2.75, 3.05) is 43.1 Å². The zero-order chi connectivity index (χ0) is 24.5. The van der Waals surface area contributed by atoms with Gasteiger partial charge in [-0.1, -0.05) is 30.3 Å². The maximum Gasteiger partial charge on any atom is 0.318 e. The number of rotatable bonds is 5. The fraction of sp³-hybridized carbons (Fsp3) is 0.464. The van der Waals surface area contributed by atoms with E-state index in [0.717, 1.165) is 50.7 Å². The summed E-state index contributed by atoms with van der Waals surface area (Å²) in [6.07, 6.45) is 1.40. The Bertz CT molecular complexity index is 1260. The molecule has 3 heterocycles. The SMILES string of the molecule is COc1nc2c(c(N3CCN(C(C)C)[C@H](CC#N)C3)n1)CCN(c1cccc3cccc(C)c13)C2. The van der Waals surface area contributed by atoms with E-state index in [1.165, 1.54) is 27.6 Å². The van der Waals surface area contributed by atoms with Gasteiger partial charge in [-0.25, -0.2) is 0 Å². The number of nitrogens with zero attached hydrogens (tertiary/aromatic N) is 6. The highest BCUT2D eigenvalue weighted by molar-refractivity contribution is 5.97. The highest BCUT2D eigenvalue weighted by Crippen LogP contribution is 2.35. The van der Waals surface area contributed by atoms with Crippen LogP contribution in [0.5, 0.6) is 6.01 Å². The lowest BCUT2D eigenvalue weighted by atomic mass is 9.99. The van der Waals surface area contributed by atoms with Gasteiger partial charge >= 0.3 is 6.01 Å². The fourth-order valence-corrected chi connectivity index (χ4v) is 5.74. The summed E-state index contributed by atoms with van der Waals surface area (Å²) in [7, 11) is 1.63. The van der Waals surface area contributed by atoms with Crippen molar-refractivity contribution in [3.05, 3.63) is 53.2 Å². The van der Waals surface area contributed by atoms with Gasteiger partial charge in [-0.15, -0.1) is 0 Å². The van der Waals surface area contributed by atoms with Crippen molar-refractivity contribution in [2.24, 2.45) is 0 Å². The zero-order valence-electron chi connectivity index (χ0n) is 21.2. The highest BCUT2D eigenvalue weighted by atomic mass is 16.5. The second-order valence-corrected chi connectivity index (χ2v) is 9.87. The Balaban J connectivity index is 1.49. The minimum atomic E-state index is 0.198. The van der Waals surface area contributed by atoms with Crippen LogP contribution in [0.1, 0.15) is 37.1 Å². The molecule has 1 fully saturated rings. The molecule has 35 heavy (non-hydrogen) atoms. The number of anilines is 2. The smallest absolute Gasteiger partial charge is 0.318 e. The van der Waals surface area contributed by atoms with Crippen LogP contribution in [0.4, 0.5) is 11.5 Å². The Morgan fingerprint density at radius 2 is 1.89 bits per heavy atom. The van der Waals surface area contributed by atoms with Crippen LogP contribution < -0.4 is 14.5 Å². The Kier molecular flexibility index (Phi) is 6.48. The third-order valence-electron chi connectivity index (χ3n) is 7.46. The number of aryl methyl sites for hydroxylation is 1. The number of methoxy groups -OCH3 is 1. The summed E-state index contributed by atoms with van der Waals surface area (Å²) in [5.74, 6) is 0.979. The minimum Gasteiger partial charge on any atom is -0.467 e. The van der Waals surface area contributed by atoms with E-state index in [0.29, 0.717) is 18.5 Å². The van der Waals surface area contributed by atoms with Crippen molar-refractivity contribution in [1.82, 2.24) is 14.9 Å².